The smallest absolute Gasteiger partial charge is 0.0766 e. The molecule has 1 aliphatic carbocycles. The first-order valence-electron chi connectivity index (χ1n) is 6.98. The molecule has 1 aliphatic rings. The molecule has 0 amide bonds. The Morgan fingerprint density at radius 2 is 2.00 bits per heavy atom. The Hall–Kier alpha value is -1.09. The molecule has 1 aromatic heterocycles. The average molecular weight is 319 g/mol. The maximum atomic E-state index is 4.96. The normalized spacial score (nSPS) is 16.2. The number of fused-ring (bicyclic) bond motifs is 1. The Balaban J connectivity index is 2.24. The molecule has 0 atom stereocenters. The van der Waals surface area contributed by atoms with Crippen LogP contribution in [-0.4, -0.2) is 12.0 Å². The van der Waals surface area contributed by atoms with Gasteiger partial charge in [0, 0.05) is 34.2 Å². The number of anilines is 1. The van der Waals surface area contributed by atoms with Crippen LogP contribution in [0.15, 0.2) is 22.7 Å². The van der Waals surface area contributed by atoms with Crippen molar-refractivity contribution in [2.24, 2.45) is 0 Å². The molecule has 0 unspecified atom stereocenters. The fourth-order valence-electron chi connectivity index (χ4n) is 3.08. The summed E-state index contributed by atoms with van der Waals surface area (Å²) in [7, 11) is 1.99. The van der Waals surface area contributed by atoms with Crippen LogP contribution in [0.1, 0.15) is 42.9 Å². The molecular weight excluding hydrogens is 300 g/mol. The molecule has 0 radical (unpaired) electrons. The quantitative estimate of drug-likeness (QED) is 0.842. The molecule has 1 heterocycles. The van der Waals surface area contributed by atoms with Crippen LogP contribution >= 0.6 is 15.9 Å². The van der Waals surface area contributed by atoms with E-state index in [1.807, 2.05) is 7.05 Å². The number of hydrogen-bond acceptors (Lipinski definition) is 2. The summed E-state index contributed by atoms with van der Waals surface area (Å²) in [5.74, 6) is 0.648. The fourth-order valence-corrected chi connectivity index (χ4v) is 3.61. The number of benzene rings is 1. The van der Waals surface area contributed by atoms with Crippen molar-refractivity contribution in [3.05, 3.63) is 33.9 Å². The summed E-state index contributed by atoms with van der Waals surface area (Å²) in [4.78, 5) is 4.96. The number of nitrogens with one attached hydrogen (secondary N) is 1. The largest absolute Gasteiger partial charge is 0.387 e. The first kappa shape index (κ1) is 12.9. The molecule has 0 aliphatic heterocycles. The Labute approximate surface area is 122 Å². The first-order valence-corrected chi connectivity index (χ1v) is 7.77. The minimum atomic E-state index is 0.648. The monoisotopic (exact) mass is 318 g/mol. The van der Waals surface area contributed by atoms with Gasteiger partial charge in [0.15, 0.2) is 0 Å². The molecule has 2 nitrogen and oxygen atoms in total. The van der Waals surface area contributed by atoms with E-state index < -0.39 is 0 Å². The maximum Gasteiger partial charge on any atom is 0.0766 e. The molecule has 1 fully saturated rings. The van der Waals surface area contributed by atoms with Gasteiger partial charge >= 0.3 is 0 Å². The van der Waals surface area contributed by atoms with E-state index in [9.17, 15) is 0 Å². The van der Waals surface area contributed by atoms with Crippen molar-refractivity contribution in [3.8, 4) is 0 Å². The summed E-state index contributed by atoms with van der Waals surface area (Å²) in [6, 6.07) is 6.48. The number of halogens is 1. The van der Waals surface area contributed by atoms with Gasteiger partial charge < -0.3 is 5.32 Å². The number of rotatable bonds is 2. The van der Waals surface area contributed by atoms with Crippen molar-refractivity contribution in [3.63, 3.8) is 0 Å². The molecule has 0 bridgehead atoms. The van der Waals surface area contributed by atoms with Crippen molar-refractivity contribution in [2.45, 2.75) is 38.5 Å². The standard InChI is InChI=1S/C16H19BrN2/c1-10-7-8-12(17)15-14(18-2)9-13(19-16(10)15)11-5-3-4-6-11/h7-9,11H,3-6H2,1-2H3,(H,18,19). The summed E-state index contributed by atoms with van der Waals surface area (Å²) in [5.41, 5.74) is 4.82. The highest BCUT2D eigenvalue weighted by atomic mass is 79.9. The highest BCUT2D eigenvalue weighted by Gasteiger charge is 2.20. The minimum absolute atomic E-state index is 0.648. The number of pyridine rings is 1. The predicted molar refractivity (Wildman–Crippen MR) is 84.9 cm³/mol. The molecular formula is C16H19BrN2. The second-order valence-corrected chi connectivity index (χ2v) is 6.27. The van der Waals surface area contributed by atoms with E-state index in [0.717, 1.165) is 9.99 Å². The zero-order valence-electron chi connectivity index (χ0n) is 11.5. The molecule has 3 rings (SSSR count). The van der Waals surface area contributed by atoms with Gasteiger partial charge in [0.05, 0.1) is 5.52 Å². The Morgan fingerprint density at radius 3 is 2.68 bits per heavy atom. The van der Waals surface area contributed by atoms with Gasteiger partial charge in [-0.1, -0.05) is 34.8 Å². The van der Waals surface area contributed by atoms with Gasteiger partial charge in [-0.15, -0.1) is 0 Å². The third kappa shape index (κ3) is 2.25. The summed E-state index contributed by atoms with van der Waals surface area (Å²) in [5, 5.41) is 4.53. The molecule has 0 saturated heterocycles. The van der Waals surface area contributed by atoms with Crippen molar-refractivity contribution < 1.29 is 0 Å². The van der Waals surface area contributed by atoms with Gasteiger partial charge in [-0.2, -0.15) is 0 Å². The summed E-state index contributed by atoms with van der Waals surface area (Å²) in [6.07, 6.45) is 5.26. The third-order valence-corrected chi connectivity index (χ3v) is 4.83. The molecule has 19 heavy (non-hydrogen) atoms. The number of aromatic nitrogens is 1. The van der Waals surface area contributed by atoms with Crippen LogP contribution in [0, 0.1) is 6.92 Å². The average Bonchev–Trinajstić information content (AvgIpc) is 2.96. The van der Waals surface area contributed by atoms with E-state index in [0.29, 0.717) is 5.92 Å². The molecule has 3 heteroatoms. The van der Waals surface area contributed by atoms with Crippen LogP contribution in [0.3, 0.4) is 0 Å². The second-order valence-electron chi connectivity index (χ2n) is 5.41. The van der Waals surface area contributed by atoms with Crippen molar-refractivity contribution in [1.29, 1.82) is 0 Å². The van der Waals surface area contributed by atoms with Crippen LogP contribution in [0.25, 0.3) is 10.9 Å². The zero-order chi connectivity index (χ0) is 13.4. The summed E-state index contributed by atoms with van der Waals surface area (Å²) in [6.45, 7) is 2.14. The van der Waals surface area contributed by atoms with E-state index >= 15 is 0 Å². The molecule has 1 N–H and O–H groups in total. The van der Waals surface area contributed by atoms with Crippen molar-refractivity contribution >= 4 is 32.5 Å². The van der Waals surface area contributed by atoms with Crippen LogP contribution in [0.2, 0.25) is 0 Å². The van der Waals surface area contributed by atoms with Crippen LogP contribution in [-0.2, 0) is 0 Å². The lowest BCUT2D eigenvalue weighted by Crippen LogP contribution is -2.01. The Bertz CT molecular complexity index is 616. The zero-order valence-corrected chi connectivity index (χ0v) is 13.0. The SMILES string of the molecule is CNc1cc(C2CCCC2)nc2c(C)ccc(Br)c12. The molecule has 0 spiro atoms. The first-order chi connectivity index (χ1) is 9.20. The highest BCUT2D eigenvalue weighted by Crippen LogP contribution is 2.38. The lowest BCUT2D eigenvalue weighted by molar-refractivity contribution is 0.701. The van der Waals surface area contributed by atoms with Crippen LogP contribution < -0.4 is 5.32 Å². The Morgan fingerprint density at radius 1 is 1.26 bits per heavy atom. The van der Waals surface area contributed by atoms with E-state index in [2.05, 4.69) is 46.4 Å². The minimum Gasteiger partial charge on any atom is -0.387 e. The molecule has 1 saturated carbocycles. The molecule has 2 aromatic rings. The molecule has 1 aromatic carbocycles. The van der Waals surface area contributed by atoms with Gasteiger partial charge in [0.1, 0.15) is 0 Å². The lowest BCUT2D eigenvalue weighted by Gasteiger charge is -2.15. The Kier molecular flexibility index (Phi) is 3.48. The lowest BCUT2D eigenvalue weighted by atomic mass is 10.0. The number of aryl methyl sites for hydroxylation is 1. The summed E-state index contributed by atoms with van der Waals surface area (Å²) >= 11 is 3.65. The van der Waals surface area contributed by atoms with Crippen molar-refractivity contribution in [2.75, 3.05) is 12.4 Å². The van der Waals surface area contributed by atoms with E-state index in [1.165, 1.54) is 48.0 Å². The predicted octanol–water partition coefficient (Wildman–Crippen LogP) is 5.01. The summed E-state index contributed by atoms with van der Waals surface area (Å²) < 4.78 is 1.11. The number of nitrogens with zero attached hydrogens (tertiary/aromatic N) is 1. The van der Waals surface area contributed by atoms with E-state index in [-0.39, 0.29) is 0 Å². The van der Waals surface area contributed by atoms with E-state index in [1.54, 1.807) is 0 Å². The van der Waals surface area contributed by atoms with Crippen LogP contribution in [0.4, 0.5) is 5.69 Å². The van der Waals surface area contributed by atoms with Gasteiger partial charge in [-0.05, 0) is 37.5 Å². The highest BCUT2D eigenvalue weighted by molar-refractivity contribution is 9.10. The topological polar surface area (TPSA) is 24.9 Å². The second kappa shape index (κ2) is 5.12. The van der Waals surface area contributed by atoms with Gasteiger partial charge in [-0.25, -0.2) is 0 Å². The van der Waals surface area contributed by atoms with Crippen molar-refractivity contribution in [1.82, 2.24) is 4.98 Å². The fraction of sp³-hybridized carbons (Fsp3) is 0.438. The number of hydrogen-bond donors (Lipinski definition) is 1. The maximum absolute atomic E-state index is 4.96. The van der Waals surface area contributed by atoms with Gasteiger partial charge in [-0.3, -0.25) is 4.98 Å². The third-order valence-electron chi connectivity index (χ3n) is 4.17. The van der Waals surface area contributed by atoms with Crippen LogP contribution in [0.5, 0.6) is 0 Å². The van der Waals surface area contributed by atoms with E-state index in [4.69, 9.17) is 4.98 Å². The van der Waals surface area contributed by atoms with Gasteiger partial charge in [0.2, 0.25) is 0 Å². The molecule has 100 valence electrons. The van der Waals surface area contributed by atoms with Gasteiger partial charge in [0.25, 0.3) is 0 Å².